The number of aliphatic hydroxyl groups is 1. The van der Waals surface area contributed by atoms with Gasteiger partial charge in [0, 0.05) is 18.2 Å². The predicted molar refractivity (Wildman–Crippen MR) is 80.5 cm³/mol. The molecule has 24 heavy (non-hydrogen) atoms. The summed E-state index contributed by atoms with van der Waals surface area (Å²) in [4.78, 5) is 25.1. The lowest BCUT2D eigenvalue weighted by Crippen LogP contribution is -2.36. The van der Waals surface area contributed by atoms with Gasteiger partial charge in [-0.25, -0.2) is 9.36 Å². The van der Waals surface area contributed by atoms with Crippen molar-refractivity contribution in [2.24, 2.45) is 5.92 Å². The zero-order valence-corrected chi connectivity index (χ0v) is 14.0. The number of phosphoric ester groups is 1. The molecule has 2 aliphatic heterocycles. The van der Waals surface area contributed by atoms with E-state index >= 15 is 0 Å². The number of hydrogen-bond acceptors (Lipinski definition) is 8. The summed E-state index contributed by atoms with van der Waals surface area (Å²) in [6.45, 7) is 3.18. The van der Waals surface area contributed by atoms with Gasteiger partial charge in [-0.3, -0.25) is 27.9 Å². The Bertz CT molecular complexity index is 759. The maximum atomic E-state index is 12.3. The largest absolute Gasteiger partial charge is 0.475 e. The lowest BCUT2D eigenvalue weighted by molar-refractivity contribution is -0.0535. The second kappa shape index (κ2) is 6.55. The first-order chi connectivity index (χ1) is 11.3. The van der Waals surface area contributed by atoms with E-state index in [1.54, 1.807) is 13.8 Å². The second-order valence-corrected chi connectivity index (χ2v) is 7.55. The maximum Gasteiger partial charge on any atom is 0.475 e. The Labute approximate surface area is 136 Å². The second-order valence-electron chi connectivity index (χ2n) is 5.93. The van der Waals surface area contributed by atoms with Crippen LogP contribution >= 0.6 is 7.82 Å². The Morgan fingerprint density at radius 2 is 2.08 bits per heavy atom. The number of H-pyrrole nitrogens is 1. The summed E-state index contributed by atoms with van der Waals surface area (Å²) in [6.07, 6.45) is -1.84. The molecule has 0 radical (unpaired) electrons. The first-order valence-electron chi connectivity index (χ1n) is 7.51. The Balaban J connectivity index is 1.78. The Morgan fingerprint density at radius 3 is 2.75 bits per heavy atom. The van der Waals surface area contributed by atoms with Gasteiger partial charge < -0.3 is 9.84 Å². The van der Waals surface area contributed by atoms with Crippen LogP contribution in [0.1, 0.15) is 20.1 Å². The van der Waals surface area contributed by atoms with Crippen LogP contribution in [-0.4, -0.2) is 46.2 Å². The van der Waals surface area contributed by atoms with Crippen LogP contribution in [0.4, 0.5) is 0 Å². The van der Waals surface area contributed by atoms with Gasteiger partial charge in [-0.2, -0.15) is 0 Å². The summed E-state index contributed by atoms with van der Waals surface area (Å²) in [7, 11) is -3.71. The molecule has 0 spiro atoms. The molecule has 0 amide bonds. The highest BCUT2D eigenvalue weighted by Crippen LogP contribution is 2.54. The van der Waals surface area contributed by atoms with Gasteiger partial charge >= 0.3 is 13.5 Å². The van der Waals surface area contributed by atoms with Crippen molar-refractivity contribution in [3.8, 4) is 0 Å². The molecule has 3 rings (SSSR count). The van der Waals surface area contributed by atoms with Crippen molar-refractivity contribution >= 4 is 7.82 Å². The smallest absolute Gasteiger partial charge is 0.388 e. The maximum absolute atomic E-state index is 12.3. The van der Waals surface area contributed by atoms with Gasteiger partial charge in [0.25, 0.3) is 5.56 Å². The first kappa shape index (κ1) is 17.5. The fourth-order valence-corrected chi connectivity index (χ4v) is 4.11. The minimum atomic E-state index is -3.71. The highest BCUT2D eigenvalue weighted by atomic mass is 31.2. The Kier molecular flexibility index (Phi) is 4.78. The minimum Gasteiger partial charge on any atom is -0.388 e. The van der Waals surface area contributed by atoms with Crippen LogP contribution in [0.5, 0.6) is 0 Å². The third-order valence-electron chi connectivity index (χ3n) is 3.81. The van der Waals surface area contributed by atoms with Gasteiger partial charge in [-0.1, -0.05) is 0 Å². The van der Waals surface area contributed by atoms with Gasteiger partial charge in [-0.05, 0) is 13.8 Å². The molecular weight excluding hydrogens is 343 g/mol. The van der Waals surface area contributed by atoms with Crippen molar-refractivity contribution in [2.75, 3.05) is 13.2 Å². The Morgan fingerprint density at radius 1 is 1.38 bits per heavy atom. The number of aromatic nitrogens is 2. The SMILES string of the molecule is CC(C)OP1(=O)OCC2OC(n3ccc(=O)[nH]c3=O)C(O)C2CO1. The molecule has 5 atom stereocenters. The van der Waals surface area contributed by atoms with Crippen LogP contribution in [0.2, 0.25) is 0 Å². The molecule has 1 aromatic heterocycles. The molecule has 5 unspecified atom stereocenters. The number of ether oxygens (including phenoxy) is 1. The predicted octanol–water partition coefficient (Wildman–Crippen LogP) is -0.00900. The number of hydrogen-bond donors (Lipinski definition) is 2. The fourth-order valence-electron chi connectivity index (χ4n) is 2.72. The van der Waals surface area contributed by atoms with Crippen LogP contribution in [-0.2, 0) is 22.9 Å². The van der Waals surface area contributed by atoms with Gasteiger partial charge in [0.15, 0.2) is 6.23 Å². The van der Waals surface area contributed by atoms with Crippen molar-refractivity contribution in [2.45, 2.75) is 38.4 Å². The van der Waals surface area contributed by atoms with Crippen molar-refractivity contribution in [3.05, 3.63) is 33.1 Å². The van der Waals surface area contributed by atoms with E-state index in [4.69, 9.17) is 18.3 Å². The van der Waals surface area contributed by atoms with Crippen LogP contribution in [0.25, 0.3) is 0 Å². The normalized spacial score (nSPS) is 36.5. The van der Waals surface area contributed by atoms with E-state index in [0.717, 1.165) is 10.6 Å². The van der Waals surface area contributed by atoms with Crippen molar-refractivity contribution in [3.63, 3.8) is 0 Å². The molecule has 2 aliphatic rings. The van der Waals surface area contributed by atoms with Gasteiger partial charge in [0.1, 0.15) is 6.10 Å². The van der Waals surface area contributed by atoms with E-state index in [1.807, 2.05) is 0 Å². The molecule has 10 nitrogen and oxygen atoms in total. The summed E-state index contributed by atoms with van der Waals surface area (Å²) < 4.78 is 34.8. The monoisotopic (exact) mass is 362 g/mol. The van der Waals surface area contributed by atoms with E-state index in [0.29, 0.717) is 0 Å². The molecule has 0 saturated carbocycles. The van der Waals surface area contributed by atoms with Crippen LogP contribution < -0.4 is 11.2 Å². The van der Waals surface area contributed by atoms with E-state index < -0.39 is 43.4 Å². The van der Waals surface area contributed by atoms with Crippen LogP contribution in [0, 0.1) is 5.92 Å². The average molecular weight is 362 g/mol. The summed E-state index contributed by atoms with van der Waals surface area (Å²) in [5, 5.41) is 10.5. The van der Waals surface area contributed by atoms with Gasteiger partial charge in [0.2, 0.25) is 0 Å². The van der Waals surface area contributed by atoms with E-state index in [1.165, 1.54) is 6.20 Å². The zero-order chi connectivity index (χ0) is 17.5. The third-order valence-corrected chi connectivity index (χ3v) is 5.42. The van der Waals surface area contributed by atoms with Crippen LogP contribution in [0.3, 0.4) is 0 Å². The molecule has 0 aromatic carbocycles. The number of aromatic amines is 1. The van der Waals surface area contributed by atoms with Crippen molar-refractivity contribution in [1.29, 1.82) is 0 Å². The topological polar surface area (TPSA) is 129 Å². The summed E-state index contributed by atoms with van der Waals surface area (Å²) >= 11 is 0. The molecular formula is C13H19N2O8P. The molecule has 11 heteroatoms. The standard InChI is InChI=1S/C13H19N2O8P/c1-7(2)23-24(19)20-5-8-9(6-21-24)22-12(11(8)17)15-4-3-10(16)14-13(15)18/h3-4,7-9,11-12,17H,5-6H2,1-2H3,(H,14,16,18). The highest BCUT2D eigenvalue weighted by Gasteiger charge is 2.49. The molecule has 0 aliphatic carbocycles. The number of nitrogens with zero attached hydrogens (tertiary/aromatic N) is 1. The molecule has 2 N–H and O–H groups in total. The average Bonchev–Trinajstić information content (AvgIpc) is 2.69. The Hall–Kier alpha value is -1.29. The van der Waals surface area contributed by atoms with Gasteiger partial charge in [0.05, 0.1) is 25.4 Å². The van der Waals surface area contributed by atoms with E-state index in [-0.39, 0.29) is 19.3 Å². The minimum absolute atomic E-state index is 0.107. The molecule has 3 heterocycles. The van der Waals surface area contributed by atoms with Gasteiger partial charge in [-0.15, -0.1) is 0 Å². The van der Waals surface area contributed by atoms with Crippen molar-refractivity contribution in [1.82, 2.24) is 9.55 Å². The summed E-state index contributed by atoms with van der Waals surface area (Å²) in [5.74, 6) is -0.555. The summed E-state index contributed by atoms with van der Waals surface area (Å²) in [6, 6.07) is 1.16. The van der Waals surface area contributed by atoms with Crippen molar-refractivity contribution < 1.29 is 28.0 Å². The number of aliphatic hydroxyl groups excluding tert-OH is 1. The molecule has 134 valence electrons. The molecule has 1 aromatic rings. The van der Waals surface area contributed by atoms with E-state index in [2.05, 4.69) is 4.98 Å². The molecule has 0 bridgehead atoms. The number of fused-ring (bicyclic) bond motifs is 1. The summed E-state index contributed by atoms with van der Waals surface area (Å²) in [5.41, 5.74) is -1.24. The lowest BCUT2D eigenvalue weighted by atomic mass is 9.99. The number of rotatable bonds is 3. The fraction of sp³-hybridized carbons (Fsp3) is 0.692. The molecule has 2 fully saturated rings. The third kappa shape index (κ3) is 3.39. The molecule has 2 saturated heterocycles. The lowest BCUT2D eigenvalue weighted by Gasteiger charge is -2.21. The van der Waals surface area contributed by atoms with Crippen LogP contribution in [0.15, 0.2) is 21.9 Å². The number of phosphoric acid groups is 1. The first-order valence-corrected chi connectivity index (χ1v) is 8.98. The quantitative estimate of drug-likeness (QED) is 0.719. The highest BCUT2D eigenvalue weighted by molar-refractivity contribution is 7.48. The number of nitrogens with one attached hydrogen (secondary N) is 1. The zero-order valence-electron chi connectivity index (χ0n) is 13.2. The van der Waals surface area contributed by atoms with E-state index in [9.17, 15) is 19.3 Å².